The minimum Gasteiger partial charge on any atom is -0.756 e. The Morgan fingerprint density at radius 3 is 1.35 bits per heavy atom. The molecule has 0 aliphatic rings. The second kappa shape index (κ2) is 50.9. The molecule has 0 aliphatic carbocycles. The van der Waals surface area contributed by atoms with E-state index in [1.165, 1.54) is 154 Å². The summed E-state index contributed by atoms with van der Waals surface area (Å²) in [5, 5.41) is 13.9. The van der Waals surface area contributed by atoms with Crippen LogP contribution in [-0.4, -0.2) is 68.5 Å². The van der Waals surface area contributed by atoms with Crippen molar-refractivity contribution in [3.8, 4) is 0 Å². The van der Waals surface area contributed by atoms with Crippen molar-refractivity contribution in [2.24, 2.45) is 0 Å². The van der Waals surface area contributed by atoms with Crippen LogP contribution in [-0.2, 0) is 18.4 Å². The van der Waals surface area contributed by atoms with Gasteiger partial charge < -0.3 is 28.8 Å². The molecule has 0 saturated heterocycles. The van der Waals surface area contributed by atoms with Crippen LogP contribution in [0.5, 0.6) is 0 Å². The smallest absolute Gasteiger partial charge is 0.268 e. The number of carbonyl (C=O) groups excluding carboxylic acids is 1. The van der Waals surface area contributed by atoms with Crippen molar-refractivity contribution in [1.29, 1.82) is 0 Å². The third kappa shape index (κ3) is 53.6. The Hall–Kier alpha value is -2.06. The van der Waals surface area contributed by atoms with E-state index in [1.54, 1.807) is 6.08 Å². The lowest BCUT2D eigenvalue weighted by atomic mass is 10.0. The third-order valence-electron chi connectivity index (χ3n) is 12.7. The molecular weight excluding hydrogens is 876 g/mol. The zero-order valence-corrected chi connectivity index (χ0v) is 46.6. The van der Waals surface area contributed by atoms with Crippen LogP contribution in [0.3, 0.4) is 0 Å². The summed E-state index contributed by atoms with van der Waals surface area (Å²) >= 11 is 0. The topological polar surface area (TPSA) is 108 Å². The zero-order chi connectivity index (χ0) is 50.6. The fourth-order valence-corrected chi connectivity index (χ4v) is 8.88. The molecule has 9 heteroatoms. The molecule has 0 bridgehead atoms. The number of rotatable bonds is 52. The van der Waals surface area contributed by atoms with Gasteiger partial charge in [-0.2, -0.15) is 0 Å². The summed E-state index contributed by atoms with van der Waals surface area (Å²) < 4.78 is 23.3. The Labute approximate surface area is 427 Å². The van der Waals surface area contributed by atoms with Crippen LogP contribution in [0.15, 0.2) is 72.9 Å². The highest BCUT2D eigenvalue weighted by atomic mass is 31.2. The minimum absolute atomic E-state index is 0.0110. The molecule has 0 heterocycles. The average Bonchev–Trinajstić information content (AvgIpc) is 3.31. The molecule has 69 heavy (non-hydrogen) atoms. The van der Waals surface area contributed by atoms with Gasteiger partial charge in [0.05, 0.1) is 39.9 Å². The van der Waals surface area contributed by atoms with Crippen LogP contribution < -0.4 is 10.2 Å². The van der Waals surface area contributed by atoms with Crippen molar-refractivity contribution in [2.75, 3.05) is 40.9 Å². The van der Waals surface area contributed by atoms with Crippen LogP contribution in [0.4, 0.5) is 0 Å². The summed E-state index contributed by atoms with van der Waals surface area (Å²) in [6, 6.07) is -0.913. The SMILES string of the molecule is CC/C=C\C/C=C\C/C=C\C/C=C\CCCCCCCCCCC(=O)NC(COP(=O)([O-])OCC[N+](C)(C)C)C(O)/C=C/CC/C=C/CCCCCCCCCCCCCCCCCCCCCC. The number of aliphatic hydroxyl groups excluding tert-OH is 1. The number of amides is 1. The maximum Gasteiger partial charge on any atom is 0.268 e. The van der Waals surface area contributed by atoms with Crippen LogP contribution in [0.25, 0.3) is 0 Å². The highest BCUT2D eigenvalue weighted by molar-refractivity contribution is 7.45. The average molecular weight is 988 g/mol. The number of nitrogens with zero attached hydrogens (tertiary/aromatic N) is 1. The first-order chi connectivity index (χ1) is 33.5. The van der Waals surface area contributed by atoms with E-state index in [9.17, 15) is 19.4 Å². The molecule has 0 aromatic carbocycles. The summed E-state index contributed by atoms with van der Waals surface area (Å²) in [7, 11) is 1.23. The van der Waals surface area contributed by atoms with Gasteiger partial charge in [0.2, 0.25) is 5.91 Å². The molecule has 0 saturated carbocycles. The number of nitrogens with one attached hydrogen (secondary N) is 1. The van der Waals surface area contributed by atoms with E-state index in [4.69, 9.17) is 9.05 Å². The Morgan fingerprint density at radius 1 is 0.522 bits per heavy atom. The Kier molecular flexibility index (Phi) is 49.3. The number of phosphoric ester groups is 1. The van der Waals surface area contributed by atoms with Crippen molar-refractivity contribution < 1.29 is 32.9 Å². The molecule has 0 fully saturated rings. The molecule has 2 N–H and O–H groups in total. The second-order valence-electron chi connectivity index (χ2n) is 20.6. The highest BCUT2D eigenvalue weighted by Gasteiger charge is 2.23. The number of aliphatic hydroxyl groups is 1. The van der Waals surface area contributed by atoms with Crippen molar-refractivity contribution >= 4 is 13.7 Å². The lowest BCUT2D eigenvalue weighted by Gasteiger charge is -2.29. The van der Waals surface area contributed by atoms with E-state index in [0.717, 1.165) is 77.0 Å². The van der Waals surface area contributed by atoms with Gasteiger partial charge in [-0.05, 0) is 70.6 Å². The minimum atomic E-state index is -4.61. The normalized spacial score (nSPS) is 14.5. The summed E-state index contributed by atoms with van der Waals surface area (Å²) in [6.45, 7) is 4.53. The zero-order valence-electron chi connectivity index (χ0n) is 45.8. The Balaban J connectivity index is 4.28. The molecule has 3 unspecified atom stereocenters. The first-order valence-electron chi connectivity index (χ1n) is 28.8. The number of unbranched alkanes of at least 4 members (excludes halogenated alkanes) is 29. The molecule has 1 amide bonds. The largest absolute Gasteiger partial charge is 0.756 e. The molecule has 3 atom stereocenters. The predicted octanol–water partition coefficient (Wildman–Crippen LogP) is 16.9. The number of allylic oxidation sites excluding steroid dienone is 11. The number of carbonyl (C=O) groups is 1. The quantitative estimate of drug-likeness (QED) is 0.0272. The van der Waals surface area contributed by atoms with E-state index in [2.05, 4.69) is 79.9 Å². The van der Waals surface area contributed by atoms with E-state index in [-0.39, 0.29) is 12.5 Å². The van der Waals surface area contributed by atoms with Gasteiger partial charge in [0.15, 0.2) is 0 Å². The number of phosphoric acid groups is 1. The molecule has 402 valence electrons. The van der Waals surface area contributed by atoms with Gasteiger partial charge in [-0.1, -0.05) is 247 Å². The summed E-state index contributed by atoms with van der Waals surface area (Å²) in [4.78, 5) is 25.5. The Bertz CT molecular complexity index is 1350. The number of quaternary nitrogens is 1. The Morgan fingerprint density at radius 2 is 0.899 bits per heavy atom. The van der Waals surface area contributed by atoms with Crippen molar-refractivity contribution in [3.05, 3.63) is 72.9 Å². The first-order valence-corrected chi connectivity index (χ1v) is 30.3. The number of hydrogen-bond acceptors (Lipinski definition) is 6. The van der Waals surface area contributed by atoms with Gasteiger partial charge in [-0.15, -0.1) is 0 Å². The van der Waals surface area contributed by atoms with Gasteiger partial charge >= 0.3 is 0 Å². The number of likely N-dealkylation sites (N-methyl/N-ethyl adjacent to an activating group) is 1. The fourth-order valence-electron chi connectivity index (χ4n) is 8.16. The standard InChI is InChI=1S/C60H111N2O6P/c1-6-8-10-12-14-16-18-20-22-24-26-28-29-30-31-32-34-35-37-39-41-43-45-47-49-51-53-59(63)58(57-68-69(65,66)67-56-55-62(3,4)5)61-60(64)54-52-50-48-46-44-42-40-38-36-33-27-25-23-21-19-17-15-13-11-9-7-2/h9,11,15,17,21,23,27,33,43,45,51,53,58-59,63H,6-8,10,12-14,16,18-20,22,24-26,28-32,34-42,44,46-50,52,54-57H2,1-5H3,(H-,61,64,65,66)/b11-9-,17-15-,23-21-,33-27-,45-43+,53-51+. The van der Waals surface area contributed by atoms with E-state index in [0.29, 0.717) is 17.4 Å². The van der Waals surface area contributed by atoms with Crippen molar-refractivity contribution in [2.45, 2.75) is 264 Å². The lowest BCUT2D eigenvalue weighted by molar-refractivity contribution is -0.870. The van der Waals surface area contributed by atoms with Crippen molar-refractivity contribution in [3.63, 3.8) is 0 Å². The molecule has 8 nitrogen and oxygen atoms in total. The van der Waals surface area contributed by atoms with Gasteiger partial charge in [-0.25, -0.2) is 0 Å². The number of hydrogen-bond donors (Lipinski definition) is 2. The highest BCUT2D eigenvalue weighted by Crippen LogP contribution is 2.38. The van der Waals surface area contributed by atoms with Crippen LogP contribution in [0, 0.1) is 0 Å². The van der Waals surface area contributed by atoms with E-state index < -0.39 is 26.6 Å². The molecular formula is C60H111N2O6P. The maximum atomic E-state index is 13.0. The van der Waals surface area contributed by atoms with Gasteiger partial charge in [0.1, 0.15) is 13.2 Å². The lowest BCUT2D eigenvalue weighted by Crippen LogP contribution is -2.45. The molecule has 0 aliphatic heterocycles. The molecule has 0 rings (SSSR count). The van der Waals surface area contributed by atoms with Gasteiger partial charge in [0, 0.05) is 6.42 Å². The maximum absolute atomic E-state index is 13.0. The van der Waals surface area contributed by atoms with Crippen molar-refractivity contribution in [1.82, 2.24) is 5.32 Å². The van der Waals surface area contributed by atoms with E-state index >= 15 is 0 Å². The monoisotopic (exact) mass is 987 g/mol. The summed E-state index contributed by atoms with van der Waals surface area (Å²) in [6.07, 6.45) is 69.8. The predicted molar refractivity (Wildman–Crippen MR) is 297 cm³/mol. The third-order valence-corrected chi connectivity index (χ3v) is 13.6. The summed E-state index contributed by atoms with van der Waals surface area (Å²) in [5.74, 6) is -0.216. The van der Waals surface area contributed by atoms with Crippen LogP contribution in [0.1, 0.15) is 251 Å². The van der Waals surface area contributed by atoms with Crippen LogP contribution >= 0.6 is 7.82 Å². The second-order valence-corrected chi connectivity index (χ2v) is 22.0. The summed E-state index contributed by atoms with van der Waals surface area (Å²) in [5.41, 5.74) is 0. The molecule has 0 radical (unpaired) electrons. The van der Waals surface area contributed by atoms with Gasteiger partial charge in [-0.3, -0.25) is 9.36 Å². The van der Waals surface area contributed by atoms with Crippen LogP contribution in [0.2, 0.25) is 0 Å². The molecule has 0 spiro atoms. The molecule has 0 aromatic heterocycles. The molecule has 0 aromatic rings. The first kappa shape index (κ1) is 66.9. The van der Waals surface area contributed by atoms with E-state index in [1.807, 2.05) is 27.2 Å². The fraction of sp³-hybridized carbons (Fsp3) is 0.783. The van der Waals surface area contributed by atoms with Gasteiger partial charge in [0.25, 0.3) is 7.82 Å².